The molecule has 0 amide bonds. The lowest BCUT2D eigenvalue weighted by molar-refractivity contribution is -0.149. The van der Waals surface area contributed by atoms with Gasteiger partial charge in [0.25, 0.3) is 0 Å². The summed E-state index contributed by atoms with van der Waals surface area (Å²) in [6.45, 7) is 1.30. The standard InChI is InChI=1S/C15H19F2NO5/c1-3-23-15(21)10(7-18)9(6-13(19)20)14-11(16)4-8(22-2)5-12(14)17/h4-5,9-10H,3,6-7,18H2,1-2H3,(H,19,20). The number of carbonyl (C=O) groups is 2. The highest BCUT2D eigenvalue weighted by atomic mass is 19.1. The quantitative estimate of drug-likeness (QED) is 0.703. The fourth-order valence-corrected chi connectivity index (χ4v) is 2.34. The lowest BCUT2D eigenvalue weighted by Crippen LogP contribution is -2.33. The molecule has 6 nitrogen and oxygen atoms in total. The van der Waals surface area contributed by atoms with Crippen LogP contribution in [0, 0.1) is 17.6 Å². The van der Waals surface area contributed by atoms with Gasteiger partial charge in [-0.1, -0.05) is 0 Å². The number of aliphatic carboxylic acids is 1. The Bertz CT molecular complexity index is 556. The summed E-state index contributed by atoms with van der Waals surface area (Å²) in [5, 5.41) is 9.02. The summed E-state index contributed by atoms with van der Waals surface area (Å²) < 4.78 is 38.1. The average Bonchev–Trinajstić information content (AvgIpc) is 2.46. The summed E-state index contributed by atoms with van der Waals surface area (Å²) in [7, 11) is 1.24. The molecule has 8 heteroatoms. The Balaban J connectivity index is 3.36. The largest absolute Gasteiger partial charge is 0.497 e. The first-order chi connectivity index (χ1) is 10.8. The molecule has 0 saturated carbocycles. The Morgan fingerprint density at radius 1 is 1.30 bits per heavy atom. The van der Waals surface area contributed by atoms with Gasteiger partial charge in [-0.3, -0.25) is 9.59 Å². The van der Waals surface area contributed by atoms with Crippen molar-refractivity contribution < 1.29 is 33.0 Å². The van der Waals surface area contributed by atoms with Crippen LogP contribution in [0.15, 0.2) is 12.1 Å². The maximum atomic E-state index is 14.2. The minimum absolute atomic E-state index is 0.0443. The number of nitrogens with two attached hydrogens (primary N) is 1. The lowest BCUT2D eigenvalue weighted by Gasteiger charge is -2.24. The summed E-state index contributed by atoms with van der Waals surface area (Å²) in [5.41, 5.74) is 4.99. The minimum Gasteiger partial charge on any atom is -0.497 e. The third-order valence-electron chi connectivity index (χ3n) is 3.38. The van der Waals surface area contributed by atoms with Crippen LogP contribution in [0.5, 0.6) is 5.75 Å². The lowest BCUT2D eigenvalue weighted by atomic mass is 9.82. The van der Waals surface area contributed by atoms with Gasteiger partial charge in [-0.15, -0.1) is 0 Å². The second-order valence-corrected chi connectivity index (χ2v) is 4.80. The fourth-order valence-electron chi connectivity index (χ4n) is 2.34. The van der Waals surface area contributed by atoms with Crippen LogP contribution in [0.3, 0.4) is 0 Å². The second kappa shape index (κ2) is 8.42. The number of benzene rings is 1. The van der Waals surface area contributed by atoms with Gasteiger partial charge in [-0.25, -0.2) is 8.78 Å². The molecule has 1 aromatic carbocycles. The third-order valence-corrected chi connectivity index (χ3v) is 3.38. The first-order valence-electron chi connectivity index (χ1n) is 6.97. The van der Waals surface area contributed by atoms with Gasteiger partial charge >= 0.3 is 11.9 Å². The van der Waals surface area contributed by atoms with E-state index >= 15 is 0 Å². The van der Waals surface area contributed by atoms with Crippen molar-refractivity contribution in [3.8, 4) is 5.75 Å². The van der Waals surface area contributed by atoms with Gasteiger partial charge in [0.2, 0.25) is 0 Å². The van der Waals surface area contributed by atoms with E-state index < -0.39 is 47.4 Å². The molecule has 128 valence electrons. The number of carboxylic acid groups (broad SMARTS) is 1. The molecule has 0 spiro atoms. The van der Waals surface area contributed by atoms with E-state index in [0.29, 0.717) is 0 Å². The molecule has 0 bridgehead atoms. The smallest absolute Gasteiger partial charge is 0.310 e. The van der Waals surface area contributed by atoms with Crippen molar-refractivity contribution in [1.29, 1.82) is 0 Å². The zero-order valence-electron chi connectivity index (χ0n) is 12.8. The molecular weight excluding hydrogens is 312 g/mol. The molecule has 23 heavy (non-hydrogen) atoms. The van der Waals surface area contributed by atoms with Crippen molar-refractivity contribution in [1.82, 2.24) is 0 Å². The van der Waals surface area contributed by atoms with Gasteiger partial charge in [0.15, 0.2) is 0 Å². The Morgan fingerprint density at radius 2 is 1.87 bits per heavy atom. The number of hydrogen-bond donors (Lipinski definition) is 2. The van der Waals surface area contributed by atoms with E-state index in [2.05, 4.69) is 0 Å². The summed E-state index contributed by atoms with van der Waals surface area (Å²) in [6.07, 6.45) is -0.666. The number of esters is 1. The minimum atomic E-state index is -1.31. The fraction of sp³-hybridized carbons (Fsp3) is 0.467. The van der Waals surface area contributed by atoms with Crippen molar-refractivity contribution in [3.63, 3.8) is 0 Å². The number of carboxylic acids is 1. The molecule has 2 unspecified atom stereocenters. The maximum absolute atomic E-state index is 14.2. The molecule has 0 aliphatic carbocycles. The molecule has 0 aliphatic rings. The highest BCUT2D eigenvalue weighted by Gasteiger charge is 2.35. The van der Waals surface area contributed by atoms with E-state index in [1.54, 1.807) is 6.92 Å². The van der Waals surface area contributed by atoms with Crippen LogP contribution in [0.4, 0.5) is 8.78 Å². The number of methoxy groups -OCH3 is 1. The average molecular weight is 331 g/mol. The Labute approximate surface area is 132 Å². The van der Waals surface area contributed by atoms with E-state index in [-0.39, 0.29) is 18.9 Å². The number of carbonyl (C=O) groups excluding carboxylic acids is 1. The van der Waals surface area contributed by atoms with Gasteiger partial charge in [0.1, 0.15) is 17.4 Å². The molecule has 0 saturated heterocycles. The van der Waals surface area contributed by atoms with E-state index in [1.807, 2.05) is 0 Å². The van der Waals surface area contributed by atoms with Crippen LogP contribution >= 0.6 is 0 Å². The monoisotopic (exact) mass is 331 g/mol. The molecule has 0 radical (unpaired) electrons. The van der Waals surface area contributed by atoms with E-state index in [9.17, 15) is 18.4 Å². The predicted octanol–water partition coefficient (Wildman–Crippen LogP) is 1.67. The molecule has 0 fully saturated rings. The van der Waals surface area contributed by atoms with Crippen LogP contribution in [-0.4, -0.2) is 37.3 Å². The summed E-state index contributed by atoms with van der Waals surface area (Å²) in [4.78, 5) is 23.0. The predicted molar refractivity (Wildman–Crippen MR) is 77.1 cm³/mol. The van der Waals surface area contributed by atoms with Crippen molar-refractivity contribution in [2.24, 2.45) is 11.7 Å². The summed E-state index contributed by atoms with van der Waals surface area (Å²) >= 11 is 0. The second-order valence-electron chi connectivity index (χ2n) is 4.80. The van der Waals surface area contributed by atoms with Crippen molar-refractivity contribution in [3.05, 3.63) is 29.3 Å². The van der Waals surface area contributed by atoms with Crippen LogP contribution in [-0.2, 0) is 14.3 Å². The van der Waals surface area contributed by atoms with E-state index in [4.69, 9.17) is 20.3 Å². The van der Waals surface area contributed by atoms with E-state index in [1.165, 1.54) is 7.11 Å². The molecule has 0 aromatic heterocycles. The molecular formula is C15H19F2NO5. The van der Waals surface area contributed by atoms with Gasteiger partial charge in [0, 0.05) is 30.2 Å². The number of hydrogen-bond acceptors (Lipinski definition) is 5. The topological polar surface area (TPSA) is 98.9 Å². The molecule has 1 aromatic rings. The number of rotatable bonds is 8. The van der Waals surface area contributed by atoms with Gasteiger partial charge < -0.3 is 20.3 Å². The molecule has 2 atom stereocenters. The van der Waals surface area contributed by atoms with Crippen LogP contribution in [0.1, 0.15) is 24.8 Å². The molecule has 0 heterocycles. The van der Waals surface area contributed by atoms with Crippen LogP contribution in [0.2, 0.25) is 0 Å². The normalized spacial score (nSPS) is 13.3. The van der Waals surface area contributed by atoms with E-state index in [0.717, 1.165) is 12.1 Å². The summed E-state index contributed by atoms with van der Waals surface area (Å²) in [5.74, 6) is -6.64. The Hall–Kier alpha value is -2.22. The molecule has 3 N–H and O–H groups in total. The van der Waals surface area contributed by atoms with Gasteiger partial charge in [-0.05, 0) is 6.92 Å². The Kier molecular flexibility index (Phi) is 6.89. The molecule has 1 rings (SSSR count). The molecule has 0 aliphatic heterocycles. The zero-order chi connectivity index (χ0) is 17.6. The highest BCUT2D eigenvalue weighted by Crippen LogP contribution is 2.34. The summed E-state index contributed by atoms with van der Waals surface area (Å²) in [6, 6.07) is 1.85. The third kappa shape index (κ3) is 4.62. The van der Waals surface area contributed by atoms with Crippen LogP contribution in [0.25, 0.3) is 0 Å². The number of ether oxygens (including phenoxy) is 2. The van der Waals surface area contributed by atoms with Gasteiger partial charge in [0.05, 0.1) is 26.1 Å². The first kappa shape index (κ1) is 18.8. The first-order valence-corrected chi connectivity index (χ1v) is 6.97. The number of halogens is 2. The van der Waals surface area contributed by atoms with Crippen molar-refractivity contribution in [2.45, 2.75) is 19.3 Å². The SMILES string of the molecule is CCOC(=O)C(CN)C(CC(=O)O)c1c(F)cc(OC)cc1F. The van der Waals surface area contributed by atoms with Crippen LogP contribution < -0.4 is 10.5 Å². The van der Waals surface area contributed by atoms with Gasteiger partial charge in [-0.2, -0.15) is 0 Å². The maximum Gasteiger partial charge on any atom is 0.310 e. The zero-order valence-corrected chi connectivity index (χ0v) is 12.8. The highest BCUT2D eigenvalue weighted by molar-refractivity contribution is 5.76. The Morgan fingerprint density at radius 3 is 2.26 bits per heavy atom. The van der Waals surface area contributed by atoms with Crippen molar-refractivity contribution in [2.75, 3.05) is 20.3 Å². The van der Waals surface area contributed by atoms with Crippen molar-refractivity contribution >= 4 is 11.9 Å².